The van der Waals surface area contributed by atoms with E-state index in [1.165, 1.54) is 0 Å². The van der Waals surface area contributed by atoms with Crippen molar-refractivity contribution >= 4 is 9.39 Å². The second kappa shape index (κ2) is 5.12. The molecule has 0 aromatic carbocycles. The maximum atomic E-state index is 8.68. The summed E-state index contributed by atoms with van der Waals surface area (Å²) in [5, 5.41) is 11.7. The normalized spacial score (nSPS) is 14.3. The van der Waals surface area contributed by atoms with Crippen LogP contribution in [-0.4, -0.2) is 43.1 Å². The molecule has 0 fully saturated rings. The smallest absolute Gasteiger partial charge is 0.0597 e. The van der Waals surface area contributed by atoms with E-state index in [9.17, 15) is 0 Å². The first-order valence-electron chi connectivity index (χ1n) is 2.94. The predicted molar refractivity (Wildman–Crippen MR) is 42.3 cm³/mol. The second-order valence-electron chi connectivity index (χ2n) is 2.11. The SMILES string of the molecule is CNC(CO)CN(C)P. The summed E-state index contributed by atoms with van der Waals surface area (Å²) in [6, 6.07) is 0.187. The molecule has 0 aromatic heterocycles. The standard InChI is InChI=1S/C5H15N2OP/c1-6-5(4-8)3-7(2)9/h5-6,8H,3-4,9H2,1-2H3. The van der Waals surface area contributed by atoms with Gasteiger partial charge < -0.3 is 10.4 Å². The van der Waals surface area contributed by atoms with Crippen LogP contribution in [0.3, 0.4) is 0 Å². The number of aliphatic hydroxyl groups excluding tert-OH is 1. The number of nitrogens with zero attached hydrogens (tertiary/aromatic N) is 1. The van der Waals surface area contributed by atoms with Crippen LogP contribution < -0.4 is 5.32 Å². The summed E-state index contributed by atoms with van der Waals surface area (Å²) in [6.07, 6.45) is 0. The summed E-state index contributed by atoms with van der Waals surface area (Å²) in [4.78, 5) is 0. The topological polar surface area (TPSA) is 35.5 Å². The van der Waals surface area contributed by atoms with Crippen molar-refractivity contribution < 1.29 is 5.11 Å². The molecule has 0 saturated heterocycles. The highest BCUT2D eigenvalue weighted by Gasteiger charge is 2.03. The van der Waals surface area contributed by atoms with Crippen molar-refractivity contribution in [1.82, 2.24) is 9.99 Å². The van der Waals surface area contributed by atoms with Crippen molar-refractivity contribution in [1.29, 1.82) is 0 Å². The zero-order valence-electron chi connectivity index (χ0n) is 5.96. The van der Waals surface area contributed by atoms with Gasteiger partial charge in [0.05, 0.1) is 6.61 Å². The average Bonchev–Trinajstić information content (AvgIpc) is 1.82. The first-order valence-corrected chi connectivity index (χ1v) is 3.46. The van der Waals surface area contributed by atoms with E-state index in [1.807, 2.05) is 18.8 Å². The molecule has 9 heavy (non-hydrogen) atoms. The zero-order chi connectivity index (χ0) is 7.28. The lowest BCUT2D eigenvalue weighted by atomic mass is 10.3. The monoisotopic (exact) mass is 150 g/mol. The lowest BCUT2D eigenvalue weighted by Gasteiger charge is -2.17. The van der Waals surface area contributed by atoms with Gasteiger partial charge in [-0.15, -0.1) is 0 Å². The quantitative estimate of drug-likeness (QED) is 0.520. The fourth-order valence-electron chi connectivity index (χ4n) is 0.588. The van der Waals surface area contributed by atoms with Gasteiger partial charge >= 0.3 is 0 Å². The van der Waals surface area contributed by atoms with Crippen molar-refractivity contribution in [3.8, 4) is 0 Å². The molecule has 0 aromatic rings. The van der Waals surface area contributed by atoms with E-state index >= 15 is 0 Å². The summed E-state index contributed by atoms with van der Waals surface area (Å²) >= 11 is 0. The molecule has 0 bridgehead atoms. The lowest BCUT2D eigenvalue weighted by molar-refractivity contribution is 0.234. The van der Waals surface area contributed by atoms with E-state index < -0.39 is 0 Å². The van der Waals surface area contributed by atoms with Gasteiger partial charge in [0, 0.05) is 12.6 Å². The Kier molecular flexibility index (Phi) is 5.30. The molecule has 0 aliphatic rings. The molecule has 2 N–H and O–H groups in total. The number of nitrogens with one attached hydrogen (secondary N) is 1. The highest BCUT2D eigenvalue weighted by Crippen LogP contribution is 1.93. The summed E-state index contributed by atoms with van der Waals surface area (Å²) in [5.41, 5.74) is 0. The van der Waals surface area contributed by atoms with Crippen LogP contribution in [0.25, 0.3) is 0 Å². The molecule has 2 atom stereocenters. The summed E-state index contributed by atoms with van der Waals surface area (Å²) in [5.74, 6) is 0. The van der Waals surface area contributed by atoms with Crippen molar-refractivity contribution in [2.24, 2.45) is 0 Å². The van der Waals surface area contributed by atoms with Gasteiger partial charge in [-0.2, -0.15) is 0 Å². The Bertz CT molecular complexity index is 66.0. The molecule has 0 aliphatic heterocycles. The maximum absolute atomic E-state index is 8.68. The number of likely N-dealkylation sites (N-methyl/N-ethyl adjacent to an activating group) is 2. The summed E-state index contributed by atoms with van der Waals surface area (Å²) in [6.45, 7) is 1.03. The van der Waals surface area contributed by atoms with Crippen LogP contribution in [0, 0.1) is 0 Å². The maximum Gasteiger partial charge on any atom is 0.0597 e. The van der Waals surface area contributed by atoms with Gasteiger partial charge in [-0.25, -0.2) is 0 Å². The predicted octanol–water partition coefficient (Wildman–Crippen LogP) is -0.711. The highest BCUT2D eigenvalue weighted by atomic mass is 31.0. The molecule has 0 aliphatic carbocycles. The largest absolute Gasteiger partial charge is 0.395 e. The molecule has 4 heteroatoms. The van der Waals surface area contributed by atoms with E-state index in [0.717, 1.165) is 6.54 Å². The summed E-state index contributed by atoms with van der Waals surface area (Å²) in [7, 11) is 6.33. The molecular weight excluding hydrogens is 135 g/mol. The van der Waals surface area contributed by atoms with Gasteiger partial charge in [0.1, 0.15) is 0 Å². The minimum atomic E-state index is 0.187. The molecule has 0 radical (unpaired) electrons. The number of hydrogen-bond acceptors (Lipinski definition) is 3. The van der Waals surface area contributed by atoms with Crippen molar-refractivity contribution in [3.63, 3.8) is 0 Å². The number of hydrogen-bond donors (Lipinski definition) is 2. The Morgan fingerprint density at radius 2 is 2.33 bits per heavy atom. The highest BCUT2D eigenvalue weighted by molar-refractivity contribution is 7.13. The Balaban J connectivity index is 3.31. The number of rotatable bonds is 4. The Hall–Kier alpha value is 0.310. The van der Waals surface area contributed by atoms with Crippen LogP contribution in [0.1, 0.15) is 0 Å². The molecule has 56 valence electrons. The zero-order valence-corrected chi connectivity index (χ0v) is 7.12. The van der Waals surface area contributed by atoms with Gasteiger partial charge in [0.2, 0.25) is 0 Å². The molecular formula is C5H15N2OP. The fourth-order valence-corrected chi connectivity index (χ4v) is 0.842. The van der Waals surface area contributed by atoms with E-state index in [4.69, 9.17) is 5.11 Å². The second-order valence-corrected chi connectivity index (χ2v) is 2.99. The molecule has 0 saturated carbocycles. The Morgan fingerprint density at radius 1 is 1.78 bits per heavy atom. The lowest BCUT2D eigenvalue weighted by Crippen LogP contribution is -2.36. The van der Waals surface area contributed by atoms with Crippen molar-refractivity contribution in [3.05, 3.63) is 0 Å². The first kappa shape index (κ1) is 9.31. The third-order valence-electron chi connectivity index (χ3n) is 1.14. The van der Waals surface area contributed by atoms with Gasteiger partial charge in [-0.3, -0.25) is 4.67 Å². The average molecular weight is 150 g/mol. The third kappa shape index (κ3) is 4.79. The fraction of sp³-hybridized carbons (Fsp3) is 1.00. The van der Waals surface area contributed by atoms with Crippen molar-refractivity contribution in [2.75, 3.05) is 27.2 Å². The molecule has 0 rings (SSSR count). The van der Waals surface area contributed by atoms with Crippen LogP contribution in [0.5, 0.6) is 0 Å². The van der Waals surface area contributed by atoms with Crippen LogP contribution >= 0.6 is 9.39 Å². The van der Waals surface area contributed by atoms with Gasteiger partial charge in [0.25, 0.3) is 0 Å². The Labute approximate surface area is 58.7 Å². The van der Waals surface area contributed by atoms with Crippen LogP contribution in [-0.2, 0) is 0 Å². The van der Waals surface area contributed by atoms with E-state index in [0.29, 0.717) is 0 Å². The van der Waals surface area contributed by atoms with Gasteiger partial charge in [0.15, 0.2) is 0 Å². The van der Waals surface area contributed by atoms with Crippen LogP contribution in [0.2, 0.25) is 0 Å². The molecule has 2 unspecified atom stereocenters. The van der Waals surface area contributed by atoms with Crippen molar-refractivity contribution in [2.45, 2.75) is 6.04 Å². The van der Waals surface area contributed by atoms with Gasteiger partial charge in [-0.05, 0) is 14.1 Å². The van der Waals surface area contributed by atoms with Gasteiger partial charge in [-0.1, -0.05) is 9.39 Å². The molecule has 0 amide bonds. The molecule has 0 spiro atoms. The Morgan fingerprint density at radius 3 is 2.44 bits per heavy atom. The third-order valence-corrected chi connectivity index (χ3v) is 1.35. The molecule has 0 heterocycles. The first-order chi connectivity index (χ1) is 4.20. The van der Waals surface area contributed by atoms with E-state index in [1.54, 1.807) is 0 Å². The minimum Gasteiger partial charge on any atom is -0.395 e. The summed E-state index contributed by atoms with van der Waals surface area (Å²) < 4.78 is 1.96. The number of aliphatic hydroxyl groups is 1. The van der Waals surface area contributed by atoms with Crippen LogP contribution in [0.4, 0.5) is 0 Å². The minimum absolute atomic E-state index is 0.187. The molecule has 3 nitrogen and oxygen atoms in total. The van der Waals surface area contributed by atoms with E-state index in [-0.39, 0.29) is 12.6 Å². The van der Waals surface area contributed by atoms with E-state index in [2.05, 4.69) is 14.7 Å². The van der Waals surface area contributed by atoms with Crippen LogP contribution in [0.15, 0.2) is 0 Å².